The number of hydrogen-bond donors (Lipinski definition) is 1. The van der Waals surface area contributed by atoms with Crippen LogP contribution in [0.15, 0.2) is 48.5 Å². The second-order valence-corrected chi connectivity index (χ2v) is 6.68. The van der Waals surface area contributed by atoms with Gasteiger partial charge in [0.25, 0.3) is 0 Å². The Labute approximate surface area is 162 Å². The van der Waals surface area contributed by atoms with Crippen LogP contribution in [0.25, 0.3) is 0 Å². The molecule has 0 amide bonds. The zero-order valence-electron chi connectivity index (χ0n) is 16.7. The van der Waals surface area contributed by atoms with E-state index < -0.39 is 6.10 Å². The fraction of sp³-hybridized carbons (Fsp3) is 0.455. The lowest BCUT2D eigenvalue weighted by Gasteiger charge is -2.30. The first-order valence-corrected chi connectivity index (χ1v) is 9.37. The van der Waals surface area contributed by atoms with E-state index in [4.69, 9.17) is 14.2 Å². The van der Waals surface area contributed by atoms with Gasteiger partial charge >= 0.3 is 0 Å². The zero-order valence-corrected chi connectivity index (χ0v) is 16.7. The molecule has 2 atom stereocenters. The minimum absolute atomic E-state index is 0.247. The van der Waals surface area contributed by atoms with Gasteiger partial charge in [0.1, 0.15) is 30.0 Å². The maximum absolute atomic E-state index is 10.5. The minimum atomic E-state index is -0.577. The van der Waals surface area contributed by atoms with Gasteiger partial charge < -0.3 is 19.3 Å². The summed E-state index contributed by atoms with van der Waals surface area (Å²) in [6.07, 6.45) is 0.433. The topological polar surface area (TPSA) is 51.2 Å². The monoisotopic (exact) mass is 373 g/mol. The van der Waals surface area contributed by atoms with E-state index in [0.717, 1.165) is 35.8 Å². The molecule has 148 valence electrons. The largest absolute Gasteiger partial charge is 0.497 e. The predicted molar refractivity (Wildman–Crippen MR) is 108 cm³/mol. The van der Waals surface area contributed by atoms with Gasteiger partial charge in [0.05, 0.1) is 14.2 Å². The van der Waals surface area contributed by atoms with Gasteiger partial charge in [-0.25, -0.2) is 0 Å². The lowest BCUT2D eigenvalue weighted by molar-refractivity contribution is 0.0506. The first-order chi connectivity index (χ1) is 13.0. The van der Waals surface area contributed by atoms with Gasteiger partial charge in [-0.2, -0.15) is 0 Å². The van der Waals surface area contributed by atoms with E-state index in [0.29, 0.717) is 12.6 Å². The van der Waals surface area contributed by atoms with E-state index in [1.807, 2.05) is 42.5 Å². The van der Waals surface area contributed by atoms with Crippen LogP contribution < -0.4 is 14.2 Å². The molecule has 2 aromatic rings. The molecule has 27 heavy (non-hydrogen) atoms. The standard InChI is InChI=1S/C22H31NO4/c1-5-17(2)23(14-18-7-6-8-22(13-18)26-4)15-19(24)16-27-21-11-9-20(25-3)10-12-21/h6-13,17,19,24H,5,14-16H2,1-4H3/t17-,19+/m0/s1. The van der Waals surface area contributed by atoms with E-state index in [1.54, 1.807) is 14.2 Å². The quantitative estimate of drug-likeness (QED) is 0.650. The van der Waals surface area contributed by atoms with Crippen LogP contribution in [-0.4, -0.2) is 49.5 Å². The molecule has 0 unspecified atom stereocenters. The molecular formula is C22H31NO4. The zero-order chi connectivity index (χ0) is 19.6. The van der Waals surface area contributed by atoms with E-state index in [1.165, 1.54) is 0 Å². The molecule has 0 aliphatic heterocycles. The SMILES string of the molecule is CC[C@H](C)N(Cc1cccc(OC)c1)C[C@@H](O)COc1ccc(OC)cc1. The highest BCUT2D eigenvalue weighted by atomic mass is 16.5. The highest BCUT2D eigenvalue weighted by Crippen LogP contribution is 2.19. The molecular weight excluding hydrogens is 342 g/mol. The van der Waals surface area contributed by atoms with Crippen molar-refractivity contribution in [2.24, 2.45) is 0 Å². The van der Waals surface area contributed by atoms with Gasteiger partial charge in [0.15, 0.2) is 0 Å². The summed E-state index contributed by atoms with van der Waals surface area (Å²) in [5, 5.41) is 10.5. The molecule has 0 aromatic heterocycles. The van der Waals surface area contributed by atoms with Gasteiger partial charge in [-0.3, -0.25) is 4.90 Å². The van der Waals surface area contributed by atoms with Crippen molar-refractivity contribution in [3.8, 4) is 17.2 Å². The van der Waals surface area contributed by atoms with Crippen LogP contribution in [0.1, 0.15) is 25.8 Å². The van der Waals surface area contributed by atoms with Crippen LogP contribution in [0.3, 0.4) is 0 Å². The number of aliphatic hydroxyl groups excluding tert-OH is 1. The highest BCUT2D eigenvalue weighted by molar-refractivity contribution is 5.31. The number of hydrogen-bond acceptors (Lipinski definition) is 5. The van der Waals surface area contributed by atoms with Crippen LogP contribution in [-0.2, 0) is 6.54 Å². The van der Waals surface area contributed by atoms with Crippen LogP contribution in [0.5, 0.6) is 17.2 Å². The van der Waals surface area contributed by atoms with E-state index in [-0.39, 0.29) is 6.61 Å². The van der Waals surface area contributed by atoms with Crippen molar-refractivity contribution in [1.82, 2.24) is 4.90 Å². The Kier molecular flexibility index (Phi) is 8.43. The normalized spacial score (nSPS) is 13.3. The summed E-state index contributed by atoms with van der Waals surface area (Å²) in [6, 6.07) is 15.8. The summed E-state index contributed by atoms with van der Waals surface area (Å²) in [7, 11) is 3.30. The summed E-state index contributed by atoms with van der Waals surface area (Å²) < 4.78 is 16.2. The smallest absolute Gasteiger partial charge is 0.119 e. The van der Waals surface area contributed by atoms with Crippen LogP contribution in [0.4, 0.5) is 0 Å². The van der Waals surface area contributed by atoms with Gasteiger partial charge in [-0.1, -0.05) is 19.1 Å². The lowest BCUT2D eigenvalue weighted by atomic mass is 10.1. The molecule has 2 aromatic carbocycles. The third kappa shape index (κ3) is 6.77. The molecule has 2 rings (SSSR count). The van der Waals surface area contributed by atoms with Gasteiger partial charge in [-0.15, -0.1) is 0 Å². The maximum atomic E-state index is 10.5. The molecule has 5 nitrogen and oxygen atoms in total. The number of nitrogens with zero attached hydrogens (tertiary/aromatic N) is 1. The lowest BCUT2D eigenvalue weighted by Crippen LogP contribution is -2.40. The number of ether oxygens (including phenoxy) is 3. The predicted octanol–water partition coefficient (Wildman–Crippen LogP) is 3.74. The van der Waals surface area contributed by atoms with Gasteiger partial charge in [0.2, 0.25) is 0 Å². The Morgan fingerprint density at radius 3 is 2.26 bits per heavy atom. The molecule has 0 radical (unpaired) electrons. The Bertz CT molecular complexity index is 674. The molecule has 0 aliphatic carbocycles. The van der Waals surface area contributed by atoms with Crippen molar-refractivity contribution in [2.75, 3.05) is 27.4 Å². The molecule has 0 aliphatic rings. The molecule has 0 saturated carbocycles. The Morgan fingerprint density at radius 1 is 0.963 bits per heavy atom. The Balaban J connectivity index is 1.93. The third-order valence-corrected chi connectivity index (χ3v) is 4.68. The second-order valence-electron chi connectivity index (χ2n) is 6.68. The van der Waals surface area contributed by atoms with Crippen molar-refractivity contribution in [3.63, 3.8) is 0 Å². The van der Waals surface area contributed by atoms with Crippen molar-refractivity contribution in [3.05, 3.63) is 54.1 Å². The average molecular weight is 373 g/mol. The van der Waals surface area contributed by atoms with E-state index >= 15 is 0 Å². The minimum Gasteiger partial charge on any atom is -0.497 e. The molecule has 0 bridgehead atoms. The van der Waals surface area contributed by atoms with Crippen molar-refractivity contribution in [1.29, 1.82) is 0 Å². The highest BCUT2D eigenvalue weighted by Gasteiger charge is 2.18. The molecule has 1 N–H and O–H groups in total. The van der Waals surface area contributed by atoms with E-state index in [9.17, 15) is 5.11 Å². The average Bonchev–Trinajstić information content (AvgIpc) is 2.71. The number of rotatable bonds is 11. The number of benzene rings is 2. The fourth-order valence-electron chi connectivity index (χ4n) is 2.85. The molecule has 0 saturated heterocycles. The second kappa shape index (κ2) is 10.8. The van der Waals surface area contributed by atoms with E-state index in [2.05, 4.69) is 24.8 Å². The Hall–Kier alpha value is -2.24. The fourth-order valence-corrected chi connectivity index (χ4v) is 2.85. The summed E-state index contributed by atoms with van der Waals surface area (Å²) in [5.74, 6) is 2.35. The molecule has 5 heteroatoms. The first-order valence-electron chi connectivity index (χ1n) is 9.37. The number of aliphatic hydroxyl groups is 1. The van der Waals surface area contributed by atoms with Crippen LogP contribution in [0.2, 0.25) is 0 Å². The van der Waals surface area contributed by atoms with Crippen molar-refractivity contribution >= 4 is 0 Å². The summed E-state index contributed by atoms with van der Waals surface area (Å²) in [4.78, 5) is 2.27. The molecule has 0 heterocycles. The van der Waals surface area contributed by atoms with Crippen molar-refractivity contribution in [2.45, 2.75) is 39.0 Å². The van der Waals surface area contributed by atoms with Crippen molar-refractivity contribution < 1.29 is 19.3 Å². The summed E-state index contributed by atoms with van der Waals surface area (Å²) in [5.41, 5.74) is 1.16. The maximum Gasteiger partial charge on any atom is 0.119 e. The molecule has 0 fully saturated rings. The number of methoxy groups -OCH3 is 2. The van der Waals surface area contributed by atoms with Crippen LogP contribution >= 0.6 is 0 Å². The van der Waals surface area contributed by atoms with Crippen LogP contribution in [0, 0.1) is 0 Å². The Morgan fingerprint density at radius 2 is 1.63 bits per heavy atom. The third-order valence-electron chi connectivity index (χ3n) is 4.68. The van der Waals surface area contributed by atoms with Gasteiger partial charge in [0, 0.05) is 19.1 Å². The first kappa shape index (κ1) is 21.1. The summed E-state index contributed by atoms with van der Waals surface area (Å²) in [6.45, 7) is 5.88. The molecule has 0 spiro atoms. The summed E-state index contributed by atoms with van der Waals surface area (Å²) >= 11 is 0. The van der Waals surface area contributed by atoms with Gasteiger partial charge in [-0.05, 0) is 55.3 Å².